The molecule has 4 rings (SSSR count). The Morgan fingerprint density at radius 1 is 1.19 bits per heavy atom. The van der Waals surface area contributed by atoms with Crippen molar-refractivity contribution < 1.29 is 14.4 Å². The third kappa shape index (κ3) is 4.97. The summed E-state index contributed by atoms with van der Waals surface area (Å²) < 4.78 is 1.18. The first kappa shape index (κ1) is 24.6. The second kappa shape index (κ2) is 10.4. The number of carbonyl (C=O) groups is 3. The highest BCUT2D eigenvalue weighted by Gasteiger charge is 2.34. The molecule has 0 bridgehead atoms. The fourth-order valence-electron chi connectivity index (χ4n) is 4.31. The Hall–Kier alpha value is -4.47. The largest absolute Gasteiger partial charge is 0.364 e. The molecule has 1 aliphatic rings. The summed E-state index contributed by atoms with van der Waals surface area (Å²) in [5.74, 6) is 5.96. The number of nitrogens with two attached hydrogens (primary N) is 2. The molecular formula is C26H29N7O3. The third-order valence-corrected chi connectivity index (χ3v) is 6.08. The maximum atomic E-state index is 12.7. The molecule has 10 nitrogen and oxygen atoms in total. The monoisotopic (exact) mass is 487 g/mol. The first-order valence-electron chi connectivity index (χ1n) is 11.8. The summed E-state index contributed by atoms with van der Waals surface area (Å²) in [5.41, 5.74) is 7.95. The van der Waals surface area contributed by atoms with Crippen LogP contribution in [0.5, 0.6) is 0 Å². The van der Waals surface area contributed by atoms with Crippen molar-refractivity contribution in [2.75, 3.05) is 17.7 Å². The van der Waals surface area contributed by atoms with Gasteiger partial charge in [0.05, 0.1) is 6.04 Å². The summed E-state index contributed by atoms with van der Waals surface area (Å²) in [6.45, 7) is 4.44. The lowest BCUT2D eigenvalue weighted by atomic mass is 10.1. The zero-order chi connectivity index (χ0) is 25.8. The highest BCUT2D eigenvalue weighted by Crippen LogP contribution is 2.34. The van der Waals surface area contributed by atoms with Crippen LogP contribution < -0.4 is 16.9 Å². The normalized spacial score (nSPS) is 15.4. The number of nitrogens with zero attached hydrogens (tertiary/aromatic N) is 4. The third-order valence-electron chi connectivity index (χ3n) is 6.08. The van der Waals surface area contributed by atoms with Gasteiger partial charge >= 0.3 is 0 Å². The molecule has 0 spiro atoms. The number of benzene rings is 1. The van der Waals surface area contributed by atoms with E-state index in [-0.39, 0.29) is 23.6 Å². The molecule has 186 valence electrons. The molecule has 1 atom stereocenters. The molecule has 0 saturated carbocycles. The Morgan fingerprint density at radius 2 is 1.94 bits per heavy atom. The van der Waals surface area contributed by atoms with E-state index in [0.717, 1.165) is 18.4 Å². The van der Waals surface area contributed by atoms with Gasteiger partial charge in [0.15, 0.2) is 11.5 Å². The van der Waals surface area contributed by atoms with E-state index in [1.807, 2.05) is 19.9 Å². The minimum atomic E-state index is -0.736. The first-order valence-corrected chi connectivity index (χ1v) is 11.8. The number of primary amides is 1. The average Bonchev–Trinajstić information content (AvgIpc) is 3.47. The zero-order valence-electron chi connectivity index (χ0n) is 20.3. The lowest BCUT2D eigenvalue weighted by Gasteiger charge is -2.23. The number of hydrogen-bond donors (Lipinski definition) is 3. The number of pyridine rings is 1. The molecule has 3 heterocycles. The molecule has 1 saturated heterocycles. The minimum Gasteiger partial charge on any atom is -0.364 e. The van der Waals surface area contributed by atoms with E-state index in [1.165, 1.54) is 4.68 Å². The number of nitrogen functional groups attached to an aromatic ring is 1. The van der Waals surface area contributed by atoms with Crippen molar-refractivity contribution in [1.82, 2.24) is 19.5 Å². The van der Waals surface area contributed by atoms with Crippen LogP contribution in [0.2, 0.25) is 0 Å². The Morgan fingerprint density at radius 3 is 2.61 bits per heavy atom. The van der Waals surface area contributed by atoms with E-state index < -0.39 is 5.91 Å². The Labute approximate surface area is 209 Å². The van der Waals surface area contributed by atoms with E-state index in [1.54, 1.807) is 53.6 Å². The van der Waals surface area contributed by atoms with Crippen LogP contribution in [0.15, 0.2) is 54.7 Å². The second-order valence-corrected chi connectivity index (χ2v) is 8.65. The summed E-state index contributed by atoms with van der Waals surface area (Å²) in [7, 11) is 0. The van der Waals surface area contributed by atoms with Crippen molar-refractivity contribution in [1.29, 1.82) is 0 Å². The van der Waals surface area contributed by atoms with Gasteiger partial charge in [0.25, 0.3) is 11.8 Å². The molecule has 1 aromatic carbocycles. The maximum Gasteiger partial charge on any atom is 0.269 e. The quantitative estimate of drug-likeness (QED) is 0.344. The summed E-state index contributed by atoms with van der Waals surface area (Å²) in [6, 6.07) is 9.85. The van der Waals surface area contributed by atoms with Gasteiger partial charge in [-0.3, -0.25) is 14.4 Å². The predicted octanol–water partition coefficient (Wildman–Crippen LogP) is 2.95. The molecule has 1 fully saturated rings. The van der Waals surface area contributed by atoms with Gasteiger partial charge in [-0.2, -0.15) is 0 Å². The number of rotatable bonds is 7. The number of hydrogen-bond acceptors (Lipinski definition) is 6. The Bertz CT molecular complexity index is 1330. The summed E-state index contributed by atoms with van der Waals surface area (Å²) in [6.07, 6.45) is 7.20. The molecule has 1 unspecified atom stereocenters. The Kier molecular flexibility index (Phi) is 7.14. The van der Waals surface area contributed by atoms with Crippen LogP contribution in [0.3, 0.4) is 0 Å². The van der Waals surface area contributed by atoms with Crippen LogP contribution in [-0.4, -0.2) is 43.8 Å². The van der Waals surface area contributed by atoms with Gasteiger partial charge in [-0.1, -0.05) is 25.1 Å². The number of aryl methyl sites for hydroxylation is 1. The number of nitrogens with one attached hydrogen (secondary N) is 1. The van der Waals surface area contributed by atoms with Crippen LogP contribution in [0.25, 0.3) is 11.3 Å². The summed E-state index contributed by atoms with van der Waals surface area (Å²) >= 11 is 0. The van der Waals surface area contributed by atoms with Crippen LogP contribution in [0, 0.1) is 6.92 Å². The topological polar surface area (TPSA) is 149 Å². The number of anilines is 1. The first-order chi connectivity index (χ1) is 17.3. The molecule has 10 heteroatoms. The molecule has 3 amide bonds. The fraction of sp³-hybridized carbons (Fsp3) is 0.269. The van der Waals surface area contributed by atoms with Crippen LogP contribution >= 0.6 is 0 Å². The highest BCUT2D eigenvalue weighted by molar-refractivity contribution is 6.04. The van der Waals surface area contributed by atoms with E-state index in [9.17, 15) is 14.4 Å². The SMILES string of the molecule is CC/C=C/C(=O)N1CCCC1c1nc(-c2ccc(C(=O)Nc3cc(C)ccn3)cc2)c(C(N)=O)n1N. The van der Waals surface area contributed by atoms with Crippen LogP contribution in [0.4, 0.5) is 5.82 Å². The van der Waals surface area contributed by atoms with Crippen molar-refractivity contribution in [3.05, 3.63) is 77.4 Å². The molecule has 5 N–H and O–H groups in total. The second-order valence-electron chi connectivity index (χ2n) is 8.65. The fourth-order valence-corrected chi connectivity index (χ4v) is 4.31. The van der Waals surface area contributed by atoms with Crippen molar-refractivity contribution in [3.63, 3.8) is 0 Å². The summed E-state index contributed by atoms with van der Waals surface area (Å²) in [4.78, 5) is 48.2. The van der Waals surface area contributed by atoms with Gasteiger partial charge in [-0.05, 0) is 62.1 Å². The molecule has 36 heavy (non-hydrogen) atoms. The van der Waals surface area contributed by atoms with E-state index in [0.29, 0.717) is 41.4 Å². The number of carbonyl (C=O) groups excluding carboxylic acids is 3. The van der Waals surface area contributed by atoms with Gasteiger partial charge in [0.1, 0.15) is 11.5 Å². The van der Waals surface area contributed by atoms with Crippen molar-refractivity contribution >= 4 is 23.5 Å². The maximum absolute atomic E-state index is 12.7. The van der Waals surface area contributed by atoms with Crippen LogP contribution in [0.1, 0.15) is 64.5 Å². The van der Waals surface area contributed by atoms with E-state index in [4.69, 9.17) is 11.6 Å². The number of likely N-dealkylation sites (tertiary alicyclic amines) is 1. The van der Waals surface area contributed by atoms with Crippen molar-refractivity contribution in [2.45, 2.75) is 39.2 Å². The number of amides is 3. The summed E-state index contributed by atoms with van der Waals surface area (Å²) in [5, 5.41) is 2.76. The molecule has 1 aliphatic heterocycles. The van der Waals surface area contributed by atoms with Crippen molar-refractivity contribution in [3.8, 4) is 11.3 Å². The number of imidazole rings is 1. The lowest BCUT2D eigenvalue weighted by Crippen LogP contribution is -2.33. The minimum absolute atomic E-state index is 0.0366. The molecule has 2 aromatic heterocycles. The standard InChI is InChI=1S/C26H29N7O3/c1-3-4-7-21(34)32-14-5-6-19(32)25-31-22(23(24(27)35)33(25)28)17-8-10-18(11-9-17)26(36)30-20-15-16(2)12-13-29-20/h4,7-13,15,19H,3,5-6,14,28H2,1-2H3,(H2,27,35)(H,29,30,36)/b7-4+. The molecule has 0 aliphatic carbocycles. The van der Waals surface area contributed by atoms with Gasteiger partial charge in [-0.25, -0.2) is 14.6 Å². The van der Waals surface area contributed by atoms with Crippen molar-refractivity contribution in [2.24, 2.45) is 5.73 Å². The van der Waals surface area contributed by atoms with Gasteiger partial charge < -0.3 is 21.8 Å². The van der Waals surface area contributed by atoms with Gasteiger partial charge in [-0.15, -0.1) is 0 Å². The molecule has 0 radical (unpaired) electrons. The number of aromatic nitrogens is 3. The van der Waals surface area contributed by atoms with Gasteiger partial charge in [0, 0.05) is 23.9 Å². The van der Waals surface area contributed by atoms with Gasteiger partial charge in [0.2, 0.25) is 5.91 Å². The predicted molar refractivity (Wildman–Crippen MR) is 136 cm³/mol. The smallest absolute Gasteiger partial charge is 0.269 e. The lowest BCUT2D eigenvalue weighted by molar-refractivity contribution is -0.127. The highest BCUT2D eigenvalue weighted by atomic mass is 16.2. The van der Waals surface area contributed by atoms with E-state index in [2.05, 4.69) is 15.3 Å². The van der Waals surface area contributed by atoms with E-state index >= 15 is 0 Å². The zero-order valence-corrected chi connectivity index (χ0v) is 20.3. The Balaban J connectivity index is 1.63. The van der Waals surface area contributed by atoms with Crippen LogP contribution in [-0.2, 0) is 4.79 Å². The average molecular weight is 488 g/mol. The number of allylic oxidation sites excluding steroid dienone is 1. The molecular weight excluding hydrogens is 458 g/mol. The molecule has 3 aromatic rings.